The minimum Gasteiger partial charge on any atom is -0.504 e. The van der Waals surface area contributed by atoms with Crippen molar-refractivity contribution >= 4 is 56.3 Å². The van der Waals surface area contributed by atoms with Crippen molar-refractivity contribution in [3.8, 4) is 11.5 Å². The van der Waals surface area contributed by atoms with E-state index in [-0.39, 0.29) is 11.7 Å². The molecule has 1 amide bonds. The molecule has 0 aliphatic heterocycles. The molecule has 2 rings (SSSR count). The summed E-state index contributed by atoms with van der Waals surface area (Å²) in [5.74, 6) is 0.0618. The molecule has 0 spiro atoms. The number of hydrazone groups is 1. The van der Waals surface area contributed by atoms with Crippen molar-refractivity contribution in [3.63, 3.8) is 0 Å². The Morgan fingerprint density at radius 1 is 1.38 bits per heavy atom. The fraction of sp³-hybridized carbons (Fsp3) is 0.222. The van der Waals surface area contributed by atoms with Gasteiger partial charge in [0.25, 0.3) is 5.91 Å². The third kappa shape index (κ3) is 5.34. The number of amides is 1. The molecule has 0 aliphatic rings. The number of ether oxygens (including phenoxy) is 1. The molecule has 6 nitrogen and oxygen atoms in total. The number of nitrogens with one attached hydrogen (secondary N) is 2. The number of carbonyl (C=O) groups is 1. The molecule has 2 aromatic carbocycles. The van der Waals surface area contributed by atoms with Gasteiger partial charge in [0.1, 0.15) is 6.04 Å². The van der Waals surface area contributed by atoms with Crippen LogP contribution in [0.15, 0.2) is 39.9 Å². The monoisotopic (exact) mass is 531 g/mol. The molecule has 0 saturated heterocycles. The lowest BCUT2D eigenvalue weighted by Gasteiger charge is -2.15. The zero-order valence-corrected chi connectivity index (χ0v) is 18.3. The number of anilines is 1. The normalized spacial score (nSPS) is 12.0. The highest BCUT2D eigenvalue weighted by atomic mass is 127. The van der Waals surface area contributed by atoms with E-state index in [2.05, 4.69) is 54.4 Å². The standard InChI is InChI=1S/C18H19BrIN3O3/c1-10-6-13(20)4-5-15(10)22-11(2)18(25)23-21-9-12-7-14(19)17(26-3)16(24)8-12/h4-9,11,22,24H,1-3H3,(H,23,25)/b21-9-/t11-/m1/s1. The molecule has 8 heteroatoms. The van der Waals surface area contributed by atoms with Gasteiger partial charge >= 0.3 is 0 Å². The first-order chi connectivity index (χ1) is 12.3. The number of carbonyl (C=O) groups excluding carboxylic acids is 1. The van der Waals surface area contributed by atoms with Crippen LogP contribution in [-0.2, 0) is 4.79 Å². The van der Waals surface area contributed by atoms with E-state index in [9.17, 15) is 9.90 Å². The van der Waals surface area contributed by atoms with Gasteiger partial charge in [-0.25, -0.2) is 5.43 Å². The summed E-state index contributed by atoms with van der Waals surface area (Å²) >= 11 is 5.55. The fourth-order valence-corrected chi connectivity index (χ4v) is 3.51. The molecular formula is C18H19BrIN3O3. The average molecular weight is 532 g/mol. The fourth-order valence-electron chi connectivity index (χ4n) is 2.23. The minimum absolute atomic E-state index is 0.0149. The Balaban J connectivity index is 1.98. The largest absolute Gasteiger partial charge is 0.504 e. The predicted octanol–water partition coefficient (Wildman–Crippen LogP) is 4.03. The van der Waals surface area contributed by atoms with E-state index in [1.54, 1.807) is 13.0 Å². The van der Waals surface area contributed by atoms with Crippen LogP contribution in [0.2, 0.25) is 0 Å². The minimum atomic E-state index is -0.457. The van der Waals surface area contributed by atoms with E-state index in [1.807, 2.05) is 25.1 Å². The van der Waals surface area contributed by atoms with Crippen molar-refractivity contribution in [3.05, 3.63) is 49.5 Å². The maximum absolute atomic E-state index is 12.2. The van der Waals surface area contributed by atoms with Gasteiger partial charge in [0.15, 0.2) is 11.5 Å². The summed E-state index contributed by atoms with van der Waals surface area (Å²) in [4.78, 5) is 12.2. The maximum Gasteiger partial charge on any atom is 0.262 e. The Labute approximate surface area is 174 Å². The van der Waals surface area contributed by atoms with E-state index < -0.39 is 6.04 Å². The third-order valence-corrected chi connectivity index (χ3v) is 4.85. The Kier molecular flexibility index (Phi) is 7.27. The van der Waals surface area contributed by atoms with Gasteiger partial charge in [-0.15, -0.1) is 0 Å². The van der Waals surface area contributed by atoms with Gasteiger partial charge in [-0.05, 0) is 93.8 Å². The summed E-state index contributed by atoms with van der Waals surface area (Å²) in [5.41, 5.74) is 5.08. The number of phenolic OH excluding ortho intramolecular Hbond substituents is 1. The molecule has 3 N–H and O–H groups in total. The quantitative estimate of drug-likeness (QED) is 0.298. The molecule has 0 fully saturated rings. The second-order valence-electron chi connectivity index (χ2n) is 5.61. The number of rotatable bonds is 6. The van der Waals surface area contributed by atoms with Crippen LogP contribution < -0.4 is 15.5 Å². The average Bonchev–Trinajstić information content (AvgIpc) is 2.57. The molecule has 1 atom stereocenters. The Hall–Kier alpha value is -1.81. The molecule has 0 unspecified atom stereocenters. The van der Waals surface area contributed by atoms with Crippen molar-refractivity contribution in [2.75, 3.05) is 12.4 Å². The molecule has 0 aliphatic carbocycles. The molecule has 26 heavy (non-hydrogen) atoms. The first kappa shape index (κ1) is 20.5. The summed E-state index contributed by atoms with van der Waals surface area (Å²) in [5, 5.41) is 17.0. The van der Waals surface area contributed by atoms with Crippen molar-refractivity contribution < 1.29 is 14.6 Å². The predicted molar refractivity (Wildman–Crippen MR) is 115 cm³/mol. The molecule has 138 valence electrons. The SMILES string of the molecule is COc1c(O)cc(/C=N\NC(=O)[C@@H](C)Nc2ccc(I)cc2C)cc1Br. The zero-order chi connectivity index (χ0) is 19.3. The number of phenols is 1. The van der Waals surface area contributed by atoms with E-state index in [0.717, 1.165) is 14.8 Å². The van der Waals surface area contributed by atoms with Crippen LogP contribution >= 0.6 is 38.5 Å². The van der Waals surface area contributed by atoms with E-state index >= 15 is 0 Å². The van der Waals surface area contributed by atoms with Gasteiger partial charge in [0.2, 0.25) is 0 Å². The van der Waals surface area contributed by atoms with Crippen molar-refractivity contribution in [1.29, 1.82) is 0 Å². The second-order valence-corrected chi connectivity index (χ2v) is 7.71. The van der Waals surface area contributed by atoms with Crippen LogP contribution in [0, 0.1) is 10.5 Å². The zero-order valence-electron chi connectivity index (χ0n) is 14.5. The van der Waals surface area contributed by atoms with Crippen LogP contribution in [0.5, 0.6) is 11.5 Å². The third-order valence-electron chi connectivity index (χ3n) is 3.59. The van der Waals surface area contributed by atoms with Gasteiger partial charge in [-0.3, -0.25) is 4.79 Å². The number of hydrogen-bond donors (Lipinski definition) is 3. The molecule has 0 aromatic heterocycles. The van der Waals surface area contributed by atoms with Crippen LogP contribution in [0.3, 0.4) is 0 Å². The molecule has 0 heterocycles. The van der Waals surface area contributed by atoms with Gasteiger partial charge in [-0.1, -0.05) is 0 Å². The smallest absolute Gasteiger partial charge is 0.262 e. The van der Waals surface area contributed by atoms with E-state index in [0.29, 0.717) is 15.8 Å². The highest BCUT2D eigenvalue weighted by Gasteiger charge is 2.13. The summed E-state index contributed by atoms with van der Waals surface area (Å²) in [6.07, 6.45) is 1.45. The van der Waals surface area contributed by atoms with Crippen molar-refractivity contribution in [1.82, 2.24) is 5.43 Å². The van der Waals surface area contributed by atoms with E-state index in [1.165, 1.54) is 19.4 Å². The summed E-state index contributed by atoms with van der Waals surface area (Å²) in [7, 11) is 1.47. The van der Waals surface area contributed by atoms with E-state index in [4.69, 9.17) is 4.74 Å². The van der Waals surface area contributed by atoms with Gasteiger partial charge in [0.05, 0.1) is 17.8 Å². The molecule has 0 bridgehead atoms. The molecular weight excluding hydrogens is 513 g/mol. The number of aryl methyl sites for hydroxylation is 1. The molecule has 2 aromatic rings. The van der Waals surface area contributed by atoms with Crippen LogP contribution in [-0.4, -0.2) is 30.4 Å². The highest BCUT2D eigenvalue weighted by Crippen LogP contribution is 2.34. The van der Waals surface area contributed by atoms with Gasteiger partial charge in [-0.2, -0.15) is 5.10 Å². The number of nitrogens with zero attached hydrogens (tertiary/aromatic N) is 1. The number of aromatic hydroxyl groups is 1. The van der Waals surface area contributed by atoms with Gasteiger partial charge < -0.3 is 15.2 Å². The van der Waals surface area contributed by atoms with Crippen molar-refractivity contribution in [2.45, 2.75) is 19.9 Å². The number of benzene rings is 2. The second kappa shape index (κ2) is 9.22. The first-order valence-electron chi connectivity index (χ1n) is 7.74. The first-order valence-corrected chi connectivity index (χ1v) is 9.61. The van der Waals surface area contributed by atoms with Crippen molar-refractivity contribution in [2.24, 2.45) is 5.10 Å². The van der Waals surface area contributed by atoms with Crippen LogP contribution in [0.1, 0.15) is 18.1 Å². The topological polar surface area (TPSA) is 83.0 Å². The van der Waals surface area contributed by atoms with Gasteiger partial charge in [0, 0.05) is 9.26 Å². The Morgan fingerprint density at radius 3 is 2.73 bits per heavy atom. The van der Waals surface area contributed by atoms with Crippen LogP contribution in [0.4, 0.5) is 5.69 Å². The lowest BCUT2D eigenvalue weighted by atomic mass is 10.2. The lowest BCUT2D eigenvalue weighted by molar-refractivity contribution is -0.121. The Morgan fingerprint density at radius 2 is 2.12 bits per heavy atom. The number of halogens is 2. The number of methoxy groups -OCH3 is 1. The Bertz CT molecular complexity index is 819. The summed E-state index contributed by atoms with van der Waals surface area (Å²) < 4.78 is 6.79. The lowest BCUT2D eigenvalue weighted by Crippen LogP contribution is -2.35. The molecule has 0 saturated carbocycles. The van der Waals surface area contributed by atoms with Crippen LogP contribution in [0.25, 0.3) is 0 Å². The summed E-state index contributed by atoms with van der Waals surface area (Å²) in [6.45, 7) is 3.75. The highest BCUT2D eigenvalue weighted by molar-refractivity contribution is 14.1. The maximum atomic E-state index is 12.2. The molecule has 0 radical (unpaired) electrons. The summed E-state index contributed by atoms with van der Waals surface area (Å²) in [6, 6.07) is 8.73. The number of hydrogen-bond acceptors (Lipinski definition) is 5.